The first-order valence-electron chi connectivity index (χ1n) is 8.62. The zero-order valence-electron chi connectivity index (χ0n) is 13.9. The first-order chi connectivity index (χ1) is 11.7. The summed E-state index contributed by atoms with van der Waals surface area (Å²) in [6.45, 7) is 3.87. The van der Waals surface area contributed by atoms with Gasteiger partial charge in [-0.25, -0.2) is 4.98 Å². The standard InChI is InChI=1S/C19H22N2O2S/c1-13-12-24-18(20-13)17-11-21(9-10-23-17)19(22)16-8-4-6-14-5-2-3-7-15(14)16/h2-3,5,7,12,16-17H,4,6,8-11H2,1H3/t16-,17+/m1/s1. The molecule has 126 valence electrons. The van der Waals surface area contributed by atoms with E-state index in [0.29, 0.717) is 19.7 Å². The molecule has 2 aliphatic rings. The molecule has 1 aliphatic heterocycles. The van der Waals surface area contributed by atoms with Crippen LogP contribution in [0.1, 0.15) is 46.7 Å². The first kappa shape index (κ1) is 15.8. The molecule has 0 bridgehead atoms. The Kier molecular flexibility index (Phi) is 4.37. The monoisotopic (exact) mass is 342 g/mol. The average molecular weight is 342 g/mol. The van der Waals surface area contributed by atoms with E-state index in [1.807, 2.05) is 23.3 Å². The Hall–Kier alpha value is -1.72. The van der Waals surface area contributed by atoms with Gasteiger partial charge in [-0.15, -0.1) is 11.3 Å². The Balaban J connectivity index is 1.52. The molecule has 0 spiro atoms. The fraction of sp³-hybridized carbons (Fsp3) is 0.474. The van der Waals surface area contributed by atoms with Crippen molar-refractivity contribution in [1.29, 1.82) is 0 Å². The summed E-state index contributed by atoms with van der Waals surface area (Å²) in [6, 6.07) is 8.40. The van der Waals surface area contributed by atoms with Crippen LogP contribution in [0.3, 0.4) is 0 Å². The Morgan fingerprint density at radius 3 is 3.08 bits per heavy atom. The van der Waals surface area contributed by atoms with Gasteiger partial charge in [0.1, 0.15) is 11.1 Å². The van der Waals surface area contributed by atoms with Crippen molar-refractivity contribution in [2.45, 2.75) is 38.2 Å². The number of carbonyl (C=O) groups excluding carboxylic acids is 1. The lowest BCUT2D eigenvalue weighted by molar-refractivity contribution is -0.141. The summed E-state index contributed by atoms with van der Waals surface area (Å²) in [5.41, 5.74) is 3.58. The molecule has 4 rings (SSSR count). The maximum absolute atomic E-state index is 13.2. The van der Waals surface area contributed by atoms with Gasteiger partial charge in [0.2, 0.25) is 5.91 Å². The molecule has 1 aromatic carbocycles. The number of rotatable bonds is 2. The van der Waals surface area contributed by atoms with Gasteiger partial charge in [-0.3, -0.25) is 4.79 Å². The maximum atomic E-state index is 13.2. The number of aromatic nitrogens is 1. The number of thiazole rings is 1. The van der Waals surface area contributed by atoms with Gasteiger partial charge >= 0.3 is 0 Å². The van der Waals surface area contributed by atoms with Gasteiger partial charge in [0, 0.05) is 17.6 Å². The van der Waals surface area contributed by atoms with Crippen LogP contribution < -0.4 is 0 Å². The van der Waals surface area contributed by atoms with Crippen LogP contribution in [0.15, 0.2) is 29.6 Å². The van der Waals surface area contributed by atoms with Crippen molar-refractivity contribution >= 4 is 17.2 Å². The molecule has 2 heterocycles. The van der Waals surface area contributed by atoms with Crippen LogP contribution in [-0.4, -0.2) is 35.5 Å². The highest BCUT2D eigenvalue weighted by atomic mass is 32.1. The Bertz CT molecular complexity index is 742. The molecule has 5 heteroatoms. The van der Waals surface area contributed by atoms with E-state index in [9.17, 15) is 4.79 Å². The van der Waals surface area contributed by atoms with Crippen molar-refractivity contribution in [2.75, 3.05) is 19.7 Å². The molecule has 1 aliphatic carbocycles. The molecular weight excluding hydrogens is 320 g/mol. The first-order valence-corrected chi connectivity index (χ1v) is 9.50. The van der Waals surface area contributed by atoms with Crippen LogP contribution in [-0.2, 0) is 16.0 Å². The molecule has 2 aromatic rings. The van der Waals surface area contributed by atoms with Gasteiger partial charge in [-0.1, -0.05) is 24.3 Å². The van der Waals surface area contributed by atoms with Crippen LogP contribution in [0.5, 0.6) is 0 Å². The largest absolute Gasteiger partial charge is 0.367 e. The van der Waals surface area contributed by atoms with Crippen molar-refractivity contribution in [2.24, 2.45) is 0 Å². The van der Waals surface area contributed by atoms with Crippen LogP contribution in [0, 0.1) is 6.92 Å². The summed E-state index contributed by atoms with van der Waals surface area (Å²) in [6.07, 6.45) is 3.05. The molecule has 1 amide bonds. The van der Waals surface area contributed by atoms with Gasteiger partial charge < -0.3 is 9.64 Å². The van der Waals surface area contributed by atoms with Crippen LogP contribution in [0.2, 0.25) is 0 Å². The van der Waals surface area contributed by atoms with E-state index < -0.39 is 0 Å². The summed E-state index contributed by atoms with van der Waals surface area (Å²) in [4.78, 5) is 19.7. The number of hydrogen-bond donors (Lipinski definition) is 0. The summed E-state index contributed by atoms with van der Waals surface area (Å²) in [7, 11) is 0. The predicted octanol–water partition coefficient (Wildman–Crippen LogP) is 3.47. The van der Waals surface area contributed by atoms with E-state index in [-0.39, 0.29) is 17.9 Å². The van der Waals surface area contributed by atoms with E-state index in [1.54, 1.807) is 11.3 Å². The second-order valence-electron chi connectivity index (χ2n) is 6.61. The molecule has 0 unspecified atom stereocenters. The minimum Gasteiger partial charge on any atom is -0.367 e. The number of amides is 1. The fourth-order valence-corrected chi connectivity index (χ4v) is 4.58. The van der Waals surface area contributed by atoms with Crippen LogP contribution in [0.4, 0.5) is 0 Å². The summed E-state index contributed by atoms with van der Waals surface area (Å²) < 4.78 is 5.87. The number of ether oxygens (including phenoxy) is 1. The summed E-state index contributed by atoms with van der Waals surface area (Å²) in [5.74, 6) is 0.260. The molecule has 0 N–H and O–H groups in total. The third-order valence-corrected chi connectivity index (χ3v) is 6.01. The Labute approximate surface area is 146 Å². The zero-order chi connectivity index (χ0) is 16.5. The number of benzene rings is 1. The van der Waals surface area contributed by atoms with Gasteiger partial charge in [-0.2, -0.15) is 0 Å². The Morgan fingerprint density at radius 2 is 2.25 bits per heavy atom. The average Bonchev–Trinajstić information content (AvgIpc) is 3.07. The highest BCUT2D eigenvalue weighted by Crippen LogP contribution is 2.34. The molecule has 1 aromatic heterocycles. The summed E-state index contributed by atoms with van der Waals surface area (Å²) in [5, 5.41) is 3.02. The van der Waals surface area contributed by atoms with E-state index >= 15 is 0 Å². The third kappa shape index (κ3) is 2.98. The summed E-state index contributed by atoms with van der Waals surface area (Å²) >= 11 is 1.62. The van der Waals surface area contributed by atoms with Crippen LogP contribution >= 0.6 is 11.3 Å². The quantitative estimate of drug-likeness (QED) is 0.839. The fourth-order valence-electron chi connectivity index (χ4n) is 3.75. The number of nitrogens with zero attached hydrogens (tertiary/aromatic N) is 2. The van der Waals surface area contributed by atoms with Gasteiger partial charge in [-0.05, 0) is 37.3 Å². The van der Waals surface area contributed by atoms with Crippen molar-refractivity contribution in [3.8, 4) is 0 Å². The van der Waals surface area contributed by atoms with E-state index in [0.717, 1.165) is 30.0 Å². The lowest BCUT2D eigenvalue weighted by atomic mass is 9.82. The van der Waals surface area contributed by atoms with Crippen LogP contribution in [0.25, 0.3) is 0 Å². The number of fused-ring (bicyclic) bond motifs is 1. The third-order valence-electron chi connectivity index (χ3n) is 4.96. The zero-order valence-corrected chi connectivity index (χ0v) is 14.7. The molecule has 4 nitrogen and oxygen atoms in total. The minimum absolute atomic E-state index is 0.00623. The normalized spacial score (nSPS) is 23.8. The lowest BCUT2D eigenvalue weighted by Crippen LogP contribution is -2.44. The lowest BCUT2D eigenvalue weighted by Gasteiger charge is -2.36. The molecule has 0 radical (unpaired) electrons. The number of hydrogen-bond acceptors (Lipinski definition) is 4. The van der Waals surface area contributed by atoms with Crippen molar-refractivity contribution in [3.05, 3.63) is 51.5 Å². The van der Waals surface area contributed by atoms with Crippen molar-refractivity contribution < 1.29 is 9.53 Å². The minimum atomic E-state index is -0.0831. The predicted molar refractivity (Wildman–Crippen MR) is 94.2 cm³/mol. The number of carbonyl (C=O) groups is 1. The second kappa shape index (κ2) is 6.65. The molecule has 24 heavy (non-hydrogen) atoms. The van der Waals surface area contributed by atoms with E-state index in [4.69, 9.17) is 4.74 Å². The highest BCUT2D eigenvalue weighted by Gasteiger charge is 2.33. The van der Waals surface area contributed by atoms with Gasteiger partial charge in [0.25, 0.3) is 0 Å². The van der Waals surface area contributed by atoms with Gasteiger partial charge in [0.05, 0.1) is 19.1 Å². The topological polar surface area (TPSA) is 42.4 Å². The van der Waals surface area contributed by atoms with E-state index in [2.05, 4.69) is 23.2 Å². The SMILES string of the molecule is Cc1csc([C@@H]2CN(C(=O)[C@@H]3CCCc4ccccc43)CCO2)n1. The van der Waals surface area contributed by atoms with Crippen molar-refractivity contribution in [1.82, 2.24) is 9.88 Å². The molecule has 1 saturated heterocycles. The molecule has 1 fully saturated rings. The van der Waals surface area contributed by atoms with Gasteiger partial charge in [0.15, 0.2) is 0 Å². The smallest absolute Gasteiger partial charge is 0.230 e. The molecule has 2 atom stereocenters. The van der Waals surface area contributed by atoms with Crippen molar-refractivity contribution in [3.63, 3.8) is 0 Å². The Morgan fingerprint density at radius 1 is 1.38 bits per heavy atom. The molecule has 0 saturated carbocycles. The maximum Gasteiger partial charge on any atom is 0.230 e. The molecular formula is C19H22N2O2S. The second-order valence-corrected chi connectivity index (χ2v) is 7.50. The number of aryl methyl sites for hydroxylation is 2. The number of morpholine rings is 1. The highest BCUT2D eigenvalue weighted by molar-refractivity contribution is 7.09. The van der Waals surface area contributed by atoms with E-state index in [1.165, 1.54) is 11.1 Å².